The number of rotatable bonds is 3. The highest BCUT2D eigenvalue weighted by molar-refractivity contribution is 5.02. The van der Waals surface area contributed by atoms with E-state index in [0.717, 1.165) is 0 Å². The smallest absolute Gasteiger partial charge is 0.243 e. The van der Waals surface area contributed by atoms with Crippen molar-refractivity contribution in [3.8, 4) is 0 Å². The minimum atomic E-state index is -1.17. The van der Waals surface area contributed by atoms with E-state index in [1.165, 1.54) is 19.3 Å². The van der Waals surface area contributed by atoms with Gasteiger partial charge in [0.15, 0.2) is 6.10 Å². The lowest BCUT2D eigenvalue weighted by Crippen LogP contribution is -2.23. The molecule has 1 rings (SSSR count). The largest absolute Gasteiger partial charge is 0.466 e. The van der Waals surface area contributed by atoms with Gasteiger partial charge in [0.05, 0.1) is 6.26 Å². The molecule has 12 heavy (non-hydrogen) atoms. The predicted octanol–water partition coefficient (Wildman–Crippen LogP) is 0.978. The lowest BCUT2D eigenvalue weighted by molar-refractivity contribution is -0.531. The molecule has 0 bridgehead atoms. The maximum absolute atomic E-state index is 10.2. The van der Waals surface area contributed by atoms with Gasteiger partial charge in [-0.3, -0.25) is 10.1 Å². The Balaban J connectivity index is 2.71. The molecule has 5 nitrogen and oxygen atoms in total. The predicted molar refractivity (Wildman–Crippen MR) is 40.1 cm³/mol. The van der Waals surface area contributed by atoms with Crippen LogP contribution < -0.4 is 0 Å². The summed E-state index contributed by atoms with van der Waals surface area (Å²) in [7, 11) is 0. The molecule has 1 N–H and O–H groups in total. The summed E-state index contributed by atoms with van der Waals surface area (Å²) in [5.74, 6) is 0.221. The standard InChI is InChI=1S/C7H9NO4/c1-5(8(10)11)7(9)6-3-2-4-12-6/h2-5,7,9H,1H3. The van der Waals surface area contributed by atoms with Crippen molar-refractivity contribution in [1.82, 2.24) is 0 Å². The van der Waals surface area contributed by atoms with Crippen molar-refractivity contribution < 1.29 is 14.4 Å². The van der Waals surface area contributed by atoms with Gasteiger partial charge in [0, 0.05) is 11.8 Å². The van der Waals surface area contributed by atoms with Gasteiger partial charge in [-0.15, -0.1) is 0 Å². The Morgan fingerprint density at radius 1 is 1.75 bits per heavy atom. The average Bonchev–Trinajstić information content (AvgIpc) is 2.53. The Labute approximate surface area is 68.8 Å². The first-order chi connectivity index (χ1) is 5.63. The summed E-state index contributed by atoms with van der Waals surface area (Å²) in [6.45, 7) is 1.33. The number of hydrogen-bond acceptors (Lipinski definition) is 4. The molecule has 0 saturated carbocycles. The normalized spacial score (nSPS) is 15.5. The molecule has 0 aromatic carbocycles. The van der Waals surface area contributed by atoms with Crippen LogP contribution in [0, 0.1) is 10.1 Å². The van der Waals surface area contributed by atoms with Gasteiger partial charge in [-0.05, 0) is 12.1 Å². The Bertz CT molecular complexity index is 256. The zero-order chi connectivity index (χ0) is 9.14. The molecule has 2 atom stereocenters. The lowest BCUT2D eigenvalue weighted by atomic mass is 10.1. The van der Waals surface area contributed by atoms with Crippen LogP contribution in [0.5, 0.6) is 0 Å². The van der Waals surface area contributed by atoms with Crippen LogP contribution in [0.3, 0.4) is 0 Å². The van der Waals surface area contributed by atoms with Crippen LogP contribution in [0.2, 0.25) is 0 Å². The van der Waals surface area contributed by atoms with Crippen molar-refractivity contribution in [3.05, 3.63) is 34.3 Å². The Kier molecular flexibility index (Phi) is 2.44. The first kappa shape index (κ1) is 8.73. The van der Waals surface area contributed by atoms with Gasteiger partial charge in [-0.1, -0.05) is 0 Å². The number of hydrogen-bond donors (Lipinski definition) is 1. The molecule has 0 amide bonds. The first-order valence-corrected chi connectivity index (χ1v) is 3.48. The van der Waals surface area contributed by atoms with Gasteiger partial charge in [-0.2, -0.15) is 0 Å². The van der Waals surface area contributed by atoms with Crippen LogP contribution in [0.25, 0.3) is 0 Å². The molecular weight excluding hydrogens is 162 g/mol. The van der Waals surface area contributed by atoms with Gasteiger partial charge in [0.1, 0.15) is 5.76 Å². The zero-order valence-electron chi connectivity index (χ0n) is 6.51. The number of nitrogens with zero attached hydrogens (tertiary/aromatic N) is 1. The lowest BCUT2D eigenvalue weighted by Gasteiger charge is -2.08. The van der Waals surface area contributed by atoms with Gasteiger partial charge in [-0.25, -0.2) is 0 Å². The highest BCUT2D eigenvalue weighted by Crippen LogP contribution is 2.18. The van der Waals surface area contributed by atoms with E-state index in [0.29, 0.717) is 0 Å². The fourth-order valence-electron chi connectivity index (χ4n) is 0.813. The minimum absolute atomic E-state index is 0.221. The summed E-state index contributed by atoms with van der Waals surface area (Å²) >= 11 is 0. The van der Waals surface area contributed by atoms with E-state index in [1.54, 1.807) is 6.07 Å². The van der Waals surface area contributed by atoms with Crippen LogP contribution in [0.1, 0.15) is 18.8 Å². The summed E-state index contributed by atoms with van der Waals surface area (Å²) in [5.41, 5.74) is 0. The molecule has 0 fully saturated rings. The van der Waals surface area contributed by atoms with E-state index in [9.17, 15) is 15.2 Å². The summed E-state index contributed by atoms with van der Waals surface area (Å²) in [6, 6.07) is 2.03. The van der Waals surface area contributed by atoms with Gasteiger partial charge < -0.3 is 9.52 Å². The first-order valence-electron chi connectivity index (χ1n) is 3.48. The highest BCUT2D eigenvalue weighted by atomic mass is 16.6. The van der Waals surface area contributed by atoms with Crippen molar-refractivity contribution in [3.63, 3.8) is 0 Å². The molecule has 1 heterocycles. The fraction of sp³-hybridized carbons (Fsp3) is 0.429. The molecule has 1 aromatic rings. The van der Waals surface area contributed by atoms with Crippen molar-refractivity contribution in [2.24, 2.45) is 0 Å². The van der Waals surface area contributed by atoms with E-state index in [2.05, 4.69) is 0 Å². The molecule has 0 spiro atoms. The van der Waals surface area contributed by atoms with Gasteiger partial charge >= 0.3 is 0 Å². The number of nitro groups is 1. The van der Waals surface area contributed by atoms with Crippen molar-refractivity contribution in [2.75, 3.05) is 0 Å². The molecule has 0 aliphatic carbocycles. The maximum atomic E-state index is 10.2. The highest BCUT2D eigenvalue weighted by Gasteiger charge is 2.27. The molecule has 5 heteroatoms. The molecular formula is C7H9NO4. The third kappa shape index (κ3) is 1.62. The van der Waals surface area contributed by atoms with E-state index in [-0.39, 0.29) is 5.76 Å². The second kappa shape index (κ2) is 3.36. The summed E-state index contributed by atoms with van der Waals surface area (Å²) in [5, 5.41) is 19.6. The second-order valence-corrected chi connectivity index (χ2v) is 2.49. The fourth-order valence-corrected chi connectivity index (χ4v) is 0.813. The summed E-state index contributed by atoms with van der Waals surface area (Å²) in [6.07, 6.45) is 0.195. The Morgan fingerprint density at radius 3 is 2.83 bits per heavy atom. The van der Waals surface area contributed by atoms with Crippen LogP contribution in [0.4, 0.5) is 0 Å². The number of furan rings is 1. The monoisotopic (exact) mass is 171 g/mol. The van der Waals surface area contributed by atoms with Crippen molar-refractivity contribution in [1.29, 1.82) is 0 Å². The molecule has 0 aliphatic heterocycles. The topological polar surface area (TPSA) is 76.5 Å². The van der Waals surface area contributed by atoms with Crippen LogP contribution in [-0.4, -0.2) is 16.1 Å². The number of aliphatic hydroxyl groups excluding tert-OH is 1. The van der Waals surface area contributed by atoms with E-state index in [1.807, 2.05) is 0 Å². The third-order valence-corrected chi connectivity index (χ3v) is 1.62. The van der Waals surface area contributed by atoms with Crippen LogP contribution in [-0.2, 0) is 0 Å². The SMILES string of the molecule is CC(C(O)c1ccco1)[N+](=O)[O-]. The second-order valence-electron chi connectivity index (χ2n) is 2.49. The zero-order valence-corrected chi connectivity index (χ0v) is 6.51. The van der Waals surface area contributed by atoms with E-state index < -0.39 is 17.1 Å². The molecule has 0 aliphatic rings. The molecule has 0 saturated heterocycles. The van der Waals surface area contributed by atoms with Crippen molar-refractivity contribution in [2.45, 2.75) is 19.1 Å². The van der Waals surface area contributed by atoms with Crippen LogP contribution in [0.15, 0.2) is 22.8 Å². The maximum Gasteiger partial charge on any atom is 0.243 e. The quantitative estimate of drug-likeness (QED) is 0.543. The molecule has 1 aromatic heterocycles. The van der Waals surface area contributed by atoms with Gasteiger partial charge in [0.2, 0.25) is 6.04 Å². The summed E-state index contributed by atoms with van der Waals surface area (Å²) in [4.78, 5) is 9.69. The van der Waals surface area contributed by atoms with E-state index in [4.69, 9.17) is 4.42 Å². The minimum Gasteiger partial charge on any atom is -0.466 e. The number of aliphatic hydroxyl groups is 1. The summed E-state index contributed by atoms with van der Waals surface area (Å²) < 4.78 is 4.81. The van der Waals surface area contributed by atoms with Gasteiger partial charge in [0.25, 0.3) is 0 Å². The average molecular weight is 171 g/mol. The van der Waals surface area contributed by atoms with Crippen molar-refractivity contribution >= 4 is 0 Å². The third-order valence-electron chi connectivity index (χ3n) is 1.62. The Hall–Kier alpha value is -1.36. The molecule has 0 radical (unpaired) electrons. The van der Waals surface area contributed by atoms with Crippen LogP contribution >= 0.6 is 0 Å². The Morgan fingerprint density at radius 2 is 2.42 bits per heavy atom. The molecule has 66 valence electrons. The van der Waals surface area contributed by atoms with E-state index >= 15 is 0 Å². The molecule has 2 unspecified atom stereocenters.